The van der Waals surface area contributed by atoms with Crippen LogP contribution >= 0.6 is 35.0 Å². The summed E-state index contributed by atoms with van der Waals surface area (Å²) in [6.45, 7) is 2.84. The molecule has 2 N–H and O–H groups in total. The molecule has 1 unspecified atom stereocenters. The lowest BCUT2D eigenvalue weighted by Gasteiger charge is -2.22. The molecule has 0 aromatic heterocycles. The lowest BCUT2D eigenvalue weighted by Crippen LogP contribution is -2.39. The van der Waals surface area contributed by atoms with Gasteiger partial charge in [0, 0.05) is 35.5 Å². The van der Waals surface area contributed by atoms with Gasteiger partial charge in [-0.1, -0.05) is 23.2 Å². The van der Waals surface area contributed by atoms with Gasteiger partial charge < -0.3 is 10.6 Å². The number of rotatable bonds is 3. The zero-order valence-electron chi connectivity index (χ0n) is 10.6. The molecule has 0 aliphatic carbocycles. The van der Waals surface area contributed by atoms with Crippen LogP contribution in [-0.2, 0) is 4.79 Å². The van der Waals surface area contributed by atoms with Crippen molar-refractivity contribution >= 4 is 46.6 Å². The number of aryl methyl sites for hydroxylation is 1. The molecule has 1 saturated heterocycles. The van der Waals surface area contributed by atoms with E-state index in [4.69, 9.17) is 23.2 Å². The Morgan fingerprint density at radius 3 is 2.95 bits per heavy atom. The summed E-state index contributed by atoms with van der Waals surface area (Å²) in [6, 6.07) is 3.69. The highest BCUT2D eigenvalue weighted by Gasteiger charge is 2.17. The number of hydrogen-bond acceptors (Lipinski definition) is 3. The topological polar surface area (TPSA) is 41.1 Å². The van der Waals surface area contributed by atoms with E-state index in [0.29, 0.717) is 22.2 Å². The van der Waals surface area contributed by atoms with E-state index >= 15 is 0 Å². The van der Waals surface area contributed by atoms with E-state index < -0.39 is 0 Å². The molecule has 19 heavy (non-hydrogen) atoms. The van der Waals surface area contributed by atoms with Gasteiger partial charge in [0.2, 0.25) is 5.91 Å². The Balaban J connectivity index is 1.96. The van der Waals surface area contributed by atoms with Crippen molar-refractivity contribution in [2.45, 2.75) is 19.4 Å². The summed E-state index contributed by atoms with van der Waals surface area (Å²) in [5.74, 6) is 2.04. The largest absolute Gasteiger partial charge is 0.325 e. The zero-order valence-corrected chi connectivity index (χ0v) is 13.0. The van der Waals surface area contributed by atoms with Crippen LogP contribution in [0.15, 0.2) is 12.1 Å². The van der Waals surface area contributed by atoms with Crippen LogP contribution in [0, 0.1) is 6.92 Å². The third kappa shape index (κ3) is 4.28. The quantitative estimate of drug-likeness (QED) is 0.898. The van der Waals surface area contributed by atoms with Crippen LogP contribution in [0.2, 0.25) is 10.0 Å². The first kappa shape index (κ1) is 15.0. The minimum atomic E-state index is -0.0400. The molecule has 0 radical (unpaired) electrons. The molecule has 1 fully saturated rings. The molecule has 2 rings (SSSR count). The lowest BCUT2D eigenvalue weighted by molar-refractivity contribution is -0.116. The molecular formula is C13H16Cl2N2OS. The third-order valence-electron chi connectivity index (χ3n) is 2.95. The summed E-state index contributed by atoms with van der Waals surface area (Å²) in [5.41, 5.74) is 1.47. The second-order valence-electron chi connectivity index (χ2n) is 4.56. The average molecular weight is 319 g/mol. The van der Waals surface area contributed by atoms with Gasteiger partial charge in [0.05, 0.1) is 10.7 Å². The van der Waals surface area contributed by atoms with Crippen molar-refractivity contribution in [3.05, 3.63) is 27.7 Å². The summed E-state index contributed by atoms with van der Waals surface area (Å²) >= 11 is 14.0. The van der Waals surface area contributed by atoms with Gasteiger partial charge in [0.25, 0.3) is 0 Å². The maximum atomic E-state index is 12.0. The van der Waals surface area contributed by atoms with Crippen LogP contribution in [0.4, 0.5) is 5.69 Å². The van der Waals surface area contributed by atoms with E-state index in [0.717, 1.165) is 23.6 Å². The minimum absolute atomic E-state index is 0.0400. The van der Waals surface area contributed by atoms with E-state index in [1.165, 1.54) is 0 Å². The van der Waals surface area contributed by atoms with Crippen LogP contribution in [0.5, 0.6) is 0 Å². The fourth-order valence-electron chi connectivity index (χ4n) is 1.92. The van der Waals surface area contributed by atoms with Crippen molar-refractivity contribution < 1.29 is 4.79 Å². The third-order valence-corrected chi connectivity index (χ3v) is 4.80. The highest BCUT2D eigenvalue weighted by atomic mass is 35.5. The highest BCUT2D eigenvalue weighted by molar-refractivity contribution is 7.99. The molecule has 1 aliphatic heterocycles. The smallest absolute Gasteiger partial charge is 0.226 e. The van der Waals surface area contributed by atoms with Crippen LogP contribution < -0.4 is 10.6 Å². The van der Waals surface area contributed by atoms with E-state index in [1.54, 1.807) is 12.1 Å². The first-order valence-electron chi connectivity index (χ1n) is 6.13. The number of amides is 1. The molecule has 0 spiro atoms. The number of halogens is 2. The van der Waals surface area contributed by atoms with Gasteiger partial charge >= 0.3 is 0 Å². The van der Waals surface area contributed by atoms with Crippen LogP contribution in [0.3, 0.4) is 0 Å². The molecule has 6 heteroatoms. The predicted octanol–water partition coefficient (Wildman–Crippen LogP) is 3.34. The molecule has 0 saturated carbocycles. The summed E-state index contributed by atoms with van der Waals surface area (Å²) in [7, 11) is 0. The maximum absolute atomic E-state index is 12.0. The molecule has 1 atom stereocenters. The molecule has 104 valence electrons. The first-order valence-corrected chi connectivity index (χ1v) is 8.04. The number of anilines is 1. The second-order valence-corrected chi connectivity index (χ2v) is 6.52. The average Bonchev–Trinajstić information content (AvgIpc) is 2.37. The van der Waals surface area contributed by atoms with Crippen LogP contribution in [0.25, 0.3) is 0 Å². The van der Waals surface area contributed by atoms with Crippen molar-refractivity contribution in [1.29, 1.82) is 0 Å². The number of benzene rings is 1. The van der Waals surface area contributed by atoms with E-state index in [1.807, 2.05) is 18.7 Å². The van der Waals surface area contributed by atoms with E-state index in [2.05, 4.69) is 10.6 Å². The number of thioether (sulfide) groups is 1. The fourth-order valence-corrected chi connectivity index (χ4v) is 3.30. The Kier molecular flexibility index (Phi) is 5.39. The highest BCUT2D eigenvalue weighted by Crippen LogP contribution is 2.29. The SMILES string of the molecule is Cc1cc(Cl)c(NC(=O)CC2CSCCN2)cc1Cl. The number of carbonyl (C=O) groups is 1. The number of nitrogens with one attached hydrogen (secondary N) is 2. The summed E-state index contributed by atoms with van der Waals surface area (Å²) < 4.78 is 0. The van der Waals surface area contributed by atoms with Crippen molar-refractivity contribution in [2.24, 2.45) is 0 Å². The second kappa shape index (κ2) is 6.84. The molecular weight excluding hydrogens is 303 g/mol. The number of hydrogen-bond donors (Lipinski definition) is 2. The predicted molar refractivity (Wildman–Crippen MR) is 83.6 cm³/mol. The summed E-state index contributed by atoms with van der Waals surface area (Å²) in [5, 5.41) is 7.27. The molecule has 1 aromatic rings. The van der Waals surface area contributed by atoms with Gasteiger partial charge in [0.15, 0.2) is 0 Å². The van der Waals surface area contributed by atoms with Crippen LogP contribution in [0.1, 0.15) is 12.0 Å². The van der Waals surface area contributed by atoms with Gasteiger partial charge in [-0.25, -0.2) is 0 Å². The molecule has 1 heterocycles. The summed E-state index contributed by atoms with van der Waals surface area (Å²) in [6.07, 6.45) is 0.453. The van der Waals surface area contributed by atoms with E-state index in [9.17, 15) is 4.79 Å². The van der Waals surface area contributed by atoms with Crippen LogP contribution in [-0.4, -0.2) is 30.0 Å². The fraction of sp³-hybridized carbons (Fsp3) is 0.462. The Labute approximate surface area is 127 Å². The van der Waals surface area contributed by atoms with Crippen molar-refractivity contribution in [2.75, 3.05) is 23.4 Å². The standard InChI is InChI=1S/C13H16Cl2N2OS/c1-8-4-11(15)12(6-10(8)14)17-13(18)5-9-7-19-3-2-16-9/h4,6,9,16H,2-3,5,7H2,1H3,(H,17,18). The van der Waals surface area contributed by atoms with Gasteiger partial charge in [-0.05, 0) is 24.6 Å². The Bertz CT molecular complexity index is 476. The number of carbonyl (C=O) groups excluding carboxylic acids is 1. The van der Waals surface area contributed by atoms with Gasteiger partial charge in [-0.15, -0.1) is 0 Å². The minimum Gasteiger partial charge on any atom is -0.325 e. The maximum Gasteiger partial charge on any atom is 0.226 e. The van der Waals surface area contributed by atoms with E-state index in [-0.39, 0.29) is 11.9 Å². The van der Waals surface area contributed by atoms with Gasteiger partial charge in [0.1, 0.15) is 0 Å². The molecule has 3 nitrogen and oxygen atoms in total. The van der Waals surface area contributed by atoms with Gasteiger partial charge in [-0.2, -0.15) is 11.8 Å². The summed E-state index contributed by atoms with van der Waals surface area (Å²) in [4.78, 5) is 12.0. The van der Waals surface area contributed by atoms with Gasteiger partial charge in [-0.3, -0.25) is 4.79 Å². The first-order chi connectivity index (χ1) is 9.06. The Hall–Kier alpha value is -0.420. The lowest BCUT2D eigenvalue weighted by atomic mass is 10.2. The molecule has 1 aromatic carbocycles. The Morgan fingerprint density at radius 2 is 2.26 bits per heavy atom. The van der Waals surface area contributed by atoms with Crippen molar-refractivity contribution in [3.63, 3.8) is 0 Å². The monoisotopic (exact) mass is 318 g/mol. The molecule has 1 amide bonds. The normalized spacial score (nSPS) is 19.2. The van der Waals surface area contributed by atoms with Crippen molar-refractivity contribution in [3.8, 4) is 0 Å². The Morgan fingerprint density at radius 1 is 1.47 bits per heavy atom. The molecule has 0 bridgehead atoms. The zero-order chi connectivity index (χ0) is 13.8. The molecule has 1 aliphatic rings. The van der Waals surface area contributed by atoms with Crippen molar-refractivity contribution in [1.82, 2.24) is 5.32 Å².